The van der Waals surface area contributed by atoms with Crippen LogP contribution in [-0.4, -0.2) is 0 Å². The number of rotatable bonds is 6. The van der Waals surface area contributed by atoms with Gasteiger partial charge in [0.25, 0.3) is 0 Å². The van der Waals surface area contributed by atoms with Crippen LogP contribution in [0.2, 0.25) is 0 Å². The molecule has 4 aliphatic rings. The van der Waals surface area contributed by atoms with E-state index in [9.17, 15) is 0 Å². The molecule has 308 valence electrons. The van der Waals surface area contributed by atoms with Gasteiger partial charge in [0.1, 0.15) is 0 Å². The first-order valence-corrected chi connectivity index (χ1v) is 24.0. The van der Waals surface area contributed by atoms with Gasteiger partial charge in [-0.05, 0) is 243 Å². The molecule has 0 radical (unpaired) electrons. The van der Waals surface area contributed by atoms with E-state index < -0.39 is 0 Å². The lowest BCUT2D eigenvalue weighted by Gasteiger charge is -2.32. The second-order valence-electron chi connectivity index (χ2n) is 19.3. The molecule has 0 amide bonds. The van der Waals surface area contributed by atoms with Crippen molar-refractivity contribution >= 4 is 66.4 Å². The predicted octanol–water partition coefficient (Wildman–Crippen LogP) is 16.2. The molecule has 0 bridgehead atoms. The molecule has 2 heteroatoms. The molecule has 0 aliphatic heterocycles. The Bertz CT molecular complexity index is 2750. The molecule has 62 heavy (non-hydrogen) atoms. The zero-order valence-corrected chi connectivity index (χ0v) is 36.8. The van der Waals surface area contributed by atoms with Crippen molar-refractivity contribution in [2.45, 2.75) is 117 Å². The molecule has 0 saturated heterocycles. The van der Waals surface area contributed by atoms with Crippen LogP contribution in [0.5, 0.6) is 0 Å². The normalized spacial score (nSPS) is 15.8. The molecule has 0 unspecified atom stereocenters. The third kappa shape index (κ3) is 6.61. The van der Waals surface area contributed by atoms with Gasteiger partial charge in [0, 0.05) is 33.5 Å². The van der Waals surface area contributed by atoms with Gasteiger partial charge in [0.05, 0.1) is 11.4 Å². The van der Waals surface area contributed by atoms with Crippen LogP contribution < -0.4 is 9.80 Å². The molecule has 12 rings (SSSR count). The smallest absolute Gasteiger partial charge is 0.0546 e. The maximum atomic E-state index is 2.61. The highest BCUT2D eigenvalue weighted by molar-refractivity contribution is 6.24. The molecule has 0 atom stereocenters. The van der Waals surface area contributed by atoms with Crippen LogP contribution in [0.25, 0.3) is 32.3 Å². The summed E-state index contributed by atoms with van der Waals surface area (Å²) in [6.07, 6.45) is 19.7. The van der Waals surface area contributed by atoms with Crippen molar-refractivity contribution in [3.8, 4) is 0 Å². The van der Waals surface area contributed by atoms with Crippen molar-refractivity contribution in [3.05, 3.63) is 177 Å². The summed E-state index contributed by atoms with van der Waals surface area (Å²) in [6, 6.07) is 49.0. The monoisotopic (exact) mass is 806 g/mol. The molecule has 0 aromatic heterocycles. The summed E-state index contributed by atoms with van der Waals surface area (Å²) in [4.78, 5) is 5.23. The van der Waals surface area contributed by atoms with E-state index in [-0.39, 0.29) is 0 Å². The van der Waals surface area contributed by atoms with Gasteiger partial charge in [-0.3, -0.25) is 0 Å². The molecule has 8 aromatic carbocycles. The lowest BCUT2D eigenvalue weighted by Crippen LogP contribution is -2.15. The molecule has 0 spiro atoms. The fourth-order valence-electron chi connectivity index (χ4n) is 11.9. The molecular formula is C60H58N2. The number of hydrogen-bond donors (Lipinski definition) is 0. The van der Waals surface area contributed by atoms with E-state index in [0.29, 0.717) is 0 Å². The van der Waals surface area contributed by atoms with Crippen LogP contribution in [0.4, 0.5) is 34.1 Å². The summed E-state index contributed by atoms with van der Waals surface area (Å²) >= 11 is 0. The molecule has 2 nitrogen and oxygen atoms in total. The lowest BCUT2D eigenvalue weighted by molar-refractivity contribution is 0.685. The third-order valence-corrected chi connectivity index (χ3v) is 15.2. The first-order chi connectivity index (χ1) is 30.5. The predicted molar refractivity (Wildman–Crippen MR) is 264 cm³/mol. The van der Waals surface area contributed by atoms with Crippen LogP contribution in [0, 0.1) is 13.8 Å². The zero-order valence-electron chi connectivity index (χ0n) is 36.8. The number of fused-ring (bicyclic) bond motifs is 9. The highest BCUT2D eigenvalue weighted by Gasteiger charge is 2.25. The first-order valence-electron chi connectivity index (χ1n) is 24.0. The number of benzene rings is 8. The summed E-state index contributed by atoms with van der Waals surface area (Å²) in [5, 5.41) is 7.86. The number of anilines is 6. The van der Waals surface area contributed by atoms with E-state index in [2.05, 4.69) is 145 Å². The summed E-state index contributed by atoms with van der Waals surface area (Å²) in [7, 11) is 0. The lowest BCUT2D eigenvalue weighted by atomic mass is 9.89. The molecule has 4 aliphatic carbocycles. The zero-order chi connectivity index (χ0) is 41.3. The number of aryl methyl sites for hydroxylation is 10. The van der Waals surface area contributed by atoms with Gasteiger partial charge < -0.3 is 9.80 Å². The summed E-state index contributed by atoms with van der Waals surface area (Å²) in [5.41, 5.74) is 22.4. The van der Waals surface area contributed by atoms with Crippen LogP contribution in [0.1, 0.15) is 107 Å². The molecule has 0 heterocycles. The molecule has 0 saturated carbocycles. The van der Waals surface area contributed by atoms with E-state index in [0.717, 1.165) is 25.7 Å². The maximum absolute atomic E-state index is 2.61. The fourth-order valence-corrected chi connectivity index (χ4v) is 11.9. The van der Waals surface area contributed by atoms with Crippen LogP contribution in [-0.2, 0) is 51.4 Å². The highest BCUT2D eigenvalue weighted by atomic mass is 15.2. The van der Waals surface area contributed by atoms with Gasteiger partial charge in [-0.1, -0.05) is 71.8 Å². The Morgan fingerprint density at radius 3 is 0.839 bits per heavy atom. The summed E-state index contributed by atoms with van der Waals surface area (Å²) < 4.78 is 0. The number of hydrogen-bond acceptors (Lipinski definition) is 2. The fraction of sp³-hybridized carbons (Fsp3) is 0.300. The van der Waals surface area contributed by atoms with E-state index in [1.54, 1.807) is 0 Å². The van der Waals surface area contributed by atoms with E-state index in [1.807, 2.05) is 0 Å². The van der Waals surface area contributed by atoms with Crippen molar-refractivity contribution in [1.82, 2.24) is 0 Å². The second-order valence-corrected chi connectivity index (χ2v) is 19.3. The number of nitrogens with zero attached hydrogens (tertiary/aromatic N) is 2. The third-order valence-electron chi connectivity index (χ3n) is 15.2. The quantitative estimate of drug-likeness (QED) is 0.154. The SMILES string of the molecule is Cc1ccc2c(N(c3ccc4c(c3)CCCC4)c3ccc4c(c3)CCCC4)cc3c4cc(C)ccc4c(N(c4ccc5c(c4)CCCC5)c4ccc5c(c4)CCCC5)cc3c2c1. The molecule has 0 N–H and O–H groups in total. The van der Waals surface area contributed by atoms with Gasteiger partial charge in [0.2, 0.25) is 0 Å². The van der Waals surface area contributed by atoms with Crippen molar-refractivity contribution in [3.63, 3.8) is 0 Å². The van der Waals surface area contributed by atoms with Crippen molar-refractivity contribution in [2.75, 3.05) is 9.80 Å². The molecular weight excluding hydrogens is 749 g/mol. The topological polar surface area (TPSA) is 6.48 Å². The minimum absolute atomic E-state index is 1.16. The van der Waals surface area contributed by atoms with Crippen molar-refractivity contribution in [2.24, 2.45) is 0 Å². The molecule has 0 fully saturated rings. The molecule has 8 aromatic rings. The Labute approximate surface area is 368 Å². The van der Waals surface area contributed by atoms with E-state index >= 15 is 0 Å². The van der Waals surface area contributed by atoms with Crippen LogP contribution in [0.15, 0.2) is 121 Å². The Kier molecular flexibility index (Phi) is 9.46. The Morgan fingerprint density at radius 2 is 0.532 bits per heavy atom. The van der Waals surface area contributed by atoms with E-state index in [4.69, 9.17) is 0 Å². The largest absolute Gasteiger partial charge is 0.310 e. The van der Waals surface area contributed by atoms with Gasteiger partial charge in [-0.15, -0.1) is 0 Å². The average Bonchev–Trinajstić information content (AvgIpc) is 3.31. The maximum Gasteiger partial charge on any atom is 0.0546 e. The average molecular weight is 807 g/mol. The van der Waals surface area contributed by atoms with Gasteiger partial charge in [-0.2, -0.15) is 0 Å². The van der Waals surface area contributed by atoms with Crippen LogP contribution >= 0.6 is 0 Å². The van der Waals surface area contributed by atoms with Crippen molar-refractivity contribution in [1.29, 1.82) is 0 Å². The summed E-state index contributed by atoms with van der Waals surface area (Å²) in [6.45, 7) is 4.53. The van der Waals surface area contributed by atoms with Gasteiger partial charge >= 0.3 is 0 Å². The Hall–Kier alpha value is -5.86. The van der Waals surface area contributed by atoms with Gasteiger partial charge in [0.15, 0.2) is 0 Å². The minimum atomic E-state index is 1.16. The van der Waals surface area contributed by atoms with E-state index in [1.165, 1.54) is 199 Å². The van der Waals surface area contributed by atoms with Crippen molar-refractivity contribution < 1.29 is 0 Å². The minimum Gasteiger partial charge on any atom is -0.310 e. The van der Waals surface area contributed by atoms with Crippen LogP contribution in [0.3, 0.4) is 0 Å². The Balaban J connectivity index is 1.14. The first kappa shape index (κ1) is 37.9. The standard InChI is InChI=1S/C60H58N2/c1-39-19-29-53-55(31-39)57-37-60(62(51-27-23-43-13-5-9-17-47(43)35-51)52-28-24-44-14-6-10-18-48(44)36-52)54-30-20-40(2)32-56(54)58(57)38-59(53)61(49-25-21-41-11-3-7-15-45(41)33-49)50-26-22-42-12-4-8-16-46(42)34-50/h19-38H,3-18H2,1-2H3. The summed E-state index contributed by atoms with van der Waals surface area (Å²) in [5.74, 6) is 0. The Morgan fingerprint density at radius 1 is 0.258 bits per heavy atom. The highest BCUT2D eigenvalue weighted by Crippen LogP contribution is 2.49. The van der Waals surface area contributed by atoms with Gasteiger partial charge in [-0.25, -0.2) is 0 Å². The second kappa shape index (κ2) is 15.5.